The van der Waals surface area contributed by atoms with Crippen molar-refractivity contribution in [1.29, 1.82) is 0 Å². The predicted octanol–water partition coefficient (Wildman–Crippen LogP) is 4.65. The lowest BCUT2D eigenvalue weighted by Crippen LogP contribution is -2.37. The van der Waals surface area contributed by atoms with Gasteiger partial charge in [0.1, 0.15) is 22.7 Å². The topological polar surface area (TPSA) is 80.1 Å². The average molecular weight is 478 g/mol. The molecule has 0 atom stereocenters. The van der Waals surface area contributed by atoms with Crippen molar-refractivity contribution in [2.24, 2.45) is 0 Å². The lowest BCUT2D eigenvalue weighted by molar-refractivity contribution is 0.102. The zero-order valence-electron chi connectivity index (χ0n) is 18.6. The van der Waals surface area contributed by atoms with Crippen LogP contribution in [0.3, 0.4) is 0 Å². The molecule has 1 N–H and O–H groups in total. The third-order valence-corrected chi connectivity index (χ3v) is 6.26. The second kappa shape index (κ2) is 8.53. The molecule has 4 heterocycles. The second-order valence-corrected chi connectivity index (χ2v) is 8.73. The lowest BCUT2D eigenvalue weighted by Gasteiger charge is -2.32. The molecule has 0 aliphatic carbocycles. The number of rotatable bonds is 4. The van der Waals surface area contributed by atoms with Gasteiger partial charge in [-0.15, -0.1) is 0 Å². The molecule has 0 radical (unpaired) electrons. The fourth-order valence-corrected chi connectivity index (χ4v) is 4.04. The smallest absolute Gasteiger partial charge is 0.261 e. The normalized spacial score (nSPS) is 13.1. The van der Waals surface area contributed by atoms with Crippen LogP contribution in [0.1, 0.15) is 28.0 Å². The van der Waals surface area contributed by atoms with E-state index in [1.54, 1.807) is 37.4 Å². The van der Waals surface area contributed by atoms with Crippen LogP contribution in [0.15, 0.2) is 53.6 Å². The minimum absolute atomic E-state index is 0.0843. The molecule has 0 spiro atoms. The highest BCUT2D eigenvalue weighted by molar-refractivity contribution is 6.30. The van der Waals surface area contributed by atoms with Gasteiger partial charge in [0.15, 0.2) is 0 Å². The highest BCUT2D eigenvalue weighted by Crippen LogP contribution is 2.25. The van der Waals surface area contributed by atoms with Crippen LogP contribution >= 0.6 is 11.6 Å². The largest absolute Gasteiger partial charge is 0.356 e. The van der Waals surface area contributed by atoms with E-state index in [9.17, 15) is 14.0 Å². The van der Waals surface area contributed by atoms with Crippen LogP contribution < -0.4 is 15.6 Å². The fraction of sp³-hybridized carbons (Fsp3) is 0.200. The van der Waals surface area contributed by atoms with Gasteiger partial charge < -0.3 is 14.8 Å². The van der Waals surface area contributed by atoms with Gasteiger partial charge >= 0.3 is 0 Å². The second-order valence-electron chi connectivity index (χ2n) is 8.29. The molecule has 1 aliphatic heterocycles. The van der Waals surface area contributed by atoms with Crippen LogP contribution in [0.4, 0.5) is 15.9 Å². The van der Waals surface area contributed by atoms with E-state index in [1.807, 2.05) is 6.92 Å². The molecule has 1 saturated heterocycles. The van der Waals surface area contributed by atoms with Crippen LogP contribution in [0.5, 0.6) is 0 Å². The van der Waals surface area contributed by atoms with Gasteiger partial charge in [-0.25, -0.2) is 14.4 Å². The summed E-state index contributed by atoms with van der Waals surface area (Å²) in [5, 5.41) is 3.02. The van der Waals surface area contributed by atoms with Crippen LogP contribution in [0.2, 0.25) is 5.02 Å². The number of carbonyl (C=O) groups is 1. The molecule has 34 heavy (non-hydrogen) atoms. The van der Waals surface area contributed by atoms with Crippen molar-refractivity contribution in [3.05, 3.63) is 86.7 Å². The number of amides is 1. The molecule has 172 valence electrons. The van der Waals surface area contributed by atoms with Crippen LogP contribution in [0.25, 0.3) is 16.7 Å². The van der Waals surface area contributed by atoms with E-state index in [0.717, 1.165) is 30.9 Å². The van der Waals surface area contributed by atoms with Gasteiger partial charge in [0.2, 0.25) is 5.43 Å². The Hall–Kier alpha value is -3.78. The first-order valence-electron chi connectivity index (χ1n) is 10.8. The van der Waals surface area contributed by atoms with Crippen molar-refractivity contribution in [3.63, 3.8) is 0 Å². The van der Waals surface area contributed by atoms with E-state index in [1.165, 1.54) is 22.9 Å². The molecule has 9 heteroatoms. The number of benzene rings is 1. The van der Waals surface area contributed by atoms with Gasteiger partial charge in [0, 0.05) is 48.0 Å². The average Bonchev–Trinajstić information content (AvgIpc) is 2.75. The Labute approximate surface area is 199 Å². The van der Waals surface area contributed by atoms with Crippen LogP contribution in [-0.2, 0) is 0 Å². The first-order chi connectivity index (χ1) is 16.3. The zero-order valence-corrected chi connectivity index (χ0v) is 19.4. The molecule has 7 nitrogen and oxygen atoms in total. The summed E-state index contributed by atoms with van der Waals surface area (Å²) in [6.45, 7) is 5.46. The van der Waals surface area contributed by atoms with Gasteiger partial charge in [-0.05, 0) is 56.2 Å². The van der Waals surface area contributed by atoms with Gasteiger partial charge in [0.25, 0.3) is 5.91 Å². The van der Waals surface area contributed by atoms with E-state index in [-0.39, 0.29) is 21.8 Å². The maximum Gasteiger partial charge on any atom is 0.261 e. The lowest BCUT2D eigenvalue weighted by atomic mass is 10.1. The summed E-state index contributed by atoms with van der Waals surface area (Å²) in [7, 11) is 0. The van der Waals surface area contributed by atoms with E-state index in [2.05, 4.69) is 20.2 Å². The molecule has 1 fully saturated rings. The van der Waals surface area contributed by atoms with Crippen LogP contribution in [0, 0.1) is 19.7 Å². The first-order valence-corrected chi connectivity index (χ1v) is 11.2. The molecule has 0 bridgehead atoms. The third-order valence-electron chi connectivity index (χ3n) is 6.02. The standard InChI is InChI=1S/C25H21ClFN5O2/c1-14-10-21-23(29-15(14)2)24(33)18(13-32(21)20-5-4-16(26)11-19(20)27)25(34)30-17-6-7-28-22(12-17)31-8-3-9-31/h4-7,10-13H,3,8-9H2,1-2H3,(H,28,30,34). The SMILES string of the molecule is Cc1cc2c(nc1C)c(=O)c(C(=O)Nc1ccnc(N3CCC3)c1)cn2-c1ccc(Cl)cc1F. The Balaban J connectivity index is 1.64. The summed E-state index contributed by atoms with van der Waals surface area (Å²) in [5.41, 5.74) is 1.95. The fourth-order valence-electron chi connectivity index (χ4n) is 3.88. The number of aromatic nitrogens is 3. The summed E-state index contributed by atoms with van der Waals surface area (Å²) in [6.07, 6.45) is 4.06. The maximum absolute atomic E-state index is 14.9. The molecule has 1 amide bonds. The van der Waals surface area contributed by atoms with Gasteiger partial charge in [0.05, 0.1) is 11.2 Å². The van der Waals surface area contributed by atoms with Crippen molar-refractivity contribution < 1.29 is 9.18 Å². The Morgan fingerprint density at radius 2 is 1.94 bits per heavy atom. The summed E-state index contributed by atoms with van der Waals surface area (Å²) in [5.74, 6) is -0.442. The highest BCUT2D eigenvalue weighted by Gasteiger charge is 2.21. The first kappa shape index (κ1) is 22.0. The Morgan fingerprint density at radius 1 is 1.15 bits per heavy atom. The number of hydrogen-bond acceptors (Lipinski definition) is 5. The number of aryl methyl sites for hydroxylation is 2. The summed E-state index contributed by atoms with van der Waals surface area (Å²) in [4.78, 5) is 37.4. The number of hydrogen-bond donors (Lipinski definition) is 1. The number of anilines is 2. The number of nitrogens with one attached hydrogen (secondary N) is 1. The quantitative estimate of drug-likeness (QED) is 0.462. The number of nitrogens with zero attached hydrogens (tertiary/aromatic N) is 4. The molecule has 3 aromatic heterocycles. The Morgan fingerprint density at radius 3 is 2.65 bits per heavy atom. The summed E-state index contributed by atoms with van der Waals surface area (Å²) in [6, 6.07) is 9.42. The van der Waals surface area contributed by atoms with Crippen molar-refractivity contribution in [2.75, 3.05) is 23.3 Å². The number of fused-ring (bicyclic) bond motifs is 1. The van der Waals surface area contributed by atoms with E-state index < -0.39 is 17.2 Å². The predicted molar refractivity (Wildman–Crippen MR) is 131 cm³/mol. The molecule has 4 aromatic rings. The number of pyridine rings is 3. The molecular formula is C25H21ClFN5O2. The highest BCUT2D eigenvalue weighted by atomic mass is 35.5. The Bertz CT molecular complexity index is 1510. The van der Waals surface area contributed by atoms with Crippen LogP contribution in [-0.4, -0.2) is 33.5 Å². The minimum atomic E-state index is -0.615. The third kappa shape index (κ3) is 3.90. The van der Waals surface area contributed by atoms with E-state index in [0.29, 0.717) is 16.9 Å². The van der Waals surface area contributed by atoms with Gasteiger partial charge in [-0.1, -0.05) is 11.6 Å². The van der Waals surface area contributed by atoms with E-state index >= 15 is 0 Å². The van der Waals surface area contributed by atoms with Crippen molar-refractivity contribution in [3.8, 4) is 5.69 Å². The molecular weight excluding hydrogens is 457 g/mol. The Kier molecular flexibility index (Phi) is 5.53. The molecule has 5 rings (SSSR count). The maximum atomic E-state index is 14.9. The number of carbonyl (C=O) groups excluding carboxylic acids is 1. The molecule has 1 aromatic carbocycles. The molecule has 0 unspecified atom stereocenters. The van der Waals surface area contributed by atoms with E-state index in [4.69, 9.17) is 11.6 Å². The van der Waals surface area contributed by atoms with Crippen molar-refractivity contribution >= 4 is 40.0 Å². The zero-order chi connectivity index (χ0) is 24.0. The van der Waals surface area contributed by atoms with Crippen molar-refractivity contribution in [1.82, 2.24) is 14.5 Å². The molecule has 1 aliphatic rings. The number of halogens is 2. The minimum Gasteiger partial charge on any atom is -0.356 e. The van der Waals surface area contributed by atoms with Gasteiger partial charge in [-0.3, -0.25) is 9.59 Å². The summed E-state index contributed by atoms with van der Waals surface area (Å²) < 4.78 is 16.3. The monoisotopic (exact) mass is 477 g/mol. The van der Waals surface area contributed by atoms with Gasteiger partial charge in [-0.2, -0.15) is 0 Å². The molecule has 0 saturated carbocycles. The van der Waals surface area contributed by atoms with Crippen molar-refractivity contribution in [2.45, 2.75) is 20.3 Å². The summed E-state index contributed by atoms with van der Waals surface area (Å²) >= 11 is 5.93.